The van der Waals surface area contributed by atoms with E-state index in [9.17, 15) is 4.79 Å². The molecule has 0 radical (unpaired) electrons. The lowest BCUT2D eigenvalue weighted by atomic mass is 9.90. The highest BCUT2D eigenvalue weighted by molar-refractivity contribution is 5.81. The van der Waals surface area contributed by atoms with Crippen molar-refractivity contribution >= 4 is 5.91 Å². The van der Waals surface area contributed by atoms with Crippen molar-refractivity contribution in [2.45, 2.75) is 51.7 Å². The van der Waals surface area contributed by atoms with Gasteiger partial charge in [-0.25, -0.2) is 0 Å². The van der Waals surface area contributed by atoms with Gasteiger partial charge in [-0.1, -0.05) is 13.8 Å². The Morgan fingerprint density at radius 2 is 2.31 bits per heavy atom. The van der Waals surface area contributed by atoms with Crippen LogP contribution >= 0.6 is 0 Å². The topological polar surface area (TPSA) is 64.3 Å². The molecule has 0 aromatic rings. The Kier molecular flexibility index (Phi) is 4.74. The van der Waals surface area contributed by atoms with Gasteiger partial charge in [-0.2, -0.15) is 0 Å². The Hall–Kier alpha value is -0.610. The Morgan fingerprint density at radius 3 is 2.75 bits per heavy atom. The third kappa shape index (κ3) is 3.76. The summed E-state index contributed by atoms with van der Waals surface area (Å²) in [5, 5.41) is 3.03. The van der Waals surface area contributed by atoms with Crippen LogP contribution in [0, 0.1) is 5.92 Å². The van der Waals surface area contributed by atoms with Crippen LogP contribution in [-0.4, -0.2) is 30.7 Å². The van der Waals surface area contributed by atoms with Crippen molar-refractivity contribution < 1.29 is 9.53 Å². The van der Waals surface area contributed by atoms with Crippen molar-refractivity contribution in [3.63, 3.8) is 0 Å². The van der Waals surface area contributed by atoms with Crippen molar-refractivity contribution in [1.29, 1.82) is 0 Å². The number of carbonyl (C=O) groups is 1. The van der Waals surface area contributed by atoms with Crippen LogP contribution in [0.4, 0.5) is 0 Å². The van der Waals surface area contributed by atoms with Crippen molar-refractivity contribution in [2.75, 3.05) is 13.2 Å². The van der Waals surface area contributed by atoms with Crippen LogP contribution in [-0.2, 0) is 9.53 Å². The van der Waals surface area contributed by atoms with Gasteiger partial charge in [-0.3, -0.25) is 4.79 Å². The largest absolute Gasteiger partial charge is 0.368 e. The second kappa shape index (κ2) is 5.64. The zero-order valence-electron chi connectivity index (χ0n) is 10.6. The van der Waals surface area contributed by atoms with Gasteiger partial charge in [0, 0.05) is 18.7 Å². The lowest BCUT2D eigenvalue weighted by Crippen LogP contribution is -2.54. The Bertz CT molecular complexity index is 237. The molecule has 1 aliphatic heterocycles. The first-order valence-electron chi connectivity index (χ1n) is 6.10. The highest BCUT2D eigenvalue weighted by Crippen LogP contribution is 2.18. The van der Waals surface area contributed by atoms with E-state index >= 15 is 0 Å². The summed E-state index contributed by atoms with van der Waals surface area (Å²) < 4.78 is 5.36. The van der Waals surface area contributed by atoms with E-state index in [1.54, 1.807) is 0 Å². The number of hydrogen-bond donors (Lipinski definition) is 2. The molecule has 1 amide bonds. The van der Waals surface area contributed by atoms with Gasteiger partial charge in [-0.15, -0.1) is 0 Å². The van der Waals surface area contributed by atoms with Gasteiger partial charge in [0.2, 0.25) is 5.91 Å². The fraction of sp³-hybridized carbons (Fsp3) is 0.917. The molecule has 3 N–H and O–H groups in total. The van der Waals surface area contributed by atoms with Crippen LogP contribution in [0.3, 0.4) is 0 Å². The van der Waals surface area contributed by atoms with Crippen LogP contribution in [0.5, 0.6) is 0 Å². The minimum Gasteiger partial charge on any atom is -0.368 e. The summed E-state index contributed by atoms with van der Waals surface area (Å²) in [6.45, 7) is 7.42. The smallest absolute Gasteiger partial charge is 0.249 e. The average Bonchev–Trinajstić information content (AvgIpc) is 2.69. The molecule has 0 aromatic heterocycles. The standard InChI is InChI=1S/C12H24N2O2/c1-9(2)7-12(3,8-13)14-11(15)10-5-4-6-16-10/h9-10H,4-8,13H2,1-3H3,(H,14,15)/t10-,12?/m1/s1. The predicted molar refractivity (Wildman–Crippen MR) is 64.0 cm³/mol. The number of ether oxygens (including phenoxy) is 1. The van der Waals surface area contributed by atoms with Gasteiger partial charge in [-0.05, 0) is 32.1 Å². The molecule has 16 heavy (non-hydrogen) atoms. The quantitative estimate of drug-likeness (QED) is 0.739. The molecule has 4 nitrogen and oxygen atoms in total. The minimum absolute atomic E-state index is 0.00824. The molecule has 1 aliphatic rings. The second-order valence-corrected chi connectivity index (χ2v) is 5.35. The van der Waals surface area contributed by atoms with Gasteiger partial charge in [0.25, 0.3) is 0 Å². The van der Waals surface area contributed by atoms with E-state index in [0.29, 0.717) is 19.1 Å². The lowest BCUT2D eigenvalue weighted by molar-refractivity contribution is -0.132. The molecule has 0 aromatic carbocycles. The first-order chi connectivity index (χ1) is 7.47. The van der Waals surface area contributed by atoms with Gasteiger partial charge >= 0.3 is 0 Å². The fourth-order valence-electron chi connectivity index (χ4n) is 2.25. The summed E-state index contributed by atoms with van der Waals surface area (Å²) in [6.07, 6.45) is 2.43. The molecule has 94 valence electrons. The average molecular weight is 228 g/mol. The van der Waals surface area contributed by atoms with Crippen molar-refractivity contribution in [3.05, 3.63) is 0 Å². The Balaban J connectivity index is 2.50. The summed E-state index contributed by atoms with van der Waals surface area (Å²) in [4.78, 5) is 11.9. The number of carbonyl (C=O) groups excluding carboxylic acids is 1. The van der Waals surface area contributed by atoms with Crippen LogP contribution in [0.15, 0.2) is 0 Å². The van der Waals surface area contributed by atoms with E-state index < -0.39 is 0 Å². The molecule has 0 aliphatic carbocycles. The molecule has 1 fully saturated rings. The van der Waals surface area contributed by atoms with E-state index in [4.69, 9.17) is 10.5 Å². The zero-order valence-corrected chi connectivity index (χ0v) is 10.6. The number of nitrogens with one attached hydrogen (secondary N) is 1. The normalized spacial score (nSPS) is 24.4. The first kappa shape index (κ1) is 13.5. The van der Waals surface area contributed by atoms with E-state index in [1.165, 1.54) is 0 Å². The van der Waals surface area contributed by atoms with E-state index in [2.05, 4.69) is 19.2 Å². The van der Waals surface area contributed by atoms with Crippen LogP contribution in [0.1, 0.15) is 40.0 Å². The highest BCUT2D eigenvalue weighted by Gasteiger charge is 2.31. The van der Waals surface area contributed by atoms with Crippen molar-refractivity contribution in [2.24, 2.45) is 11.7 Å². The molecule has 1 rings (SSSR count). The number of rotatable bonds is 5. The molecule has 4 heteroatoms. The van der Waals surface area contributed by atoms with Crippen molar-refractivity contribution in [3.8, 4) is 0 Å². The molecule has 0 spiro atoms. The molecular weight excluding hydrogens is 204 g/mol. The summed E-state index contributed by atoms with van der Waals surface area (Å²) >= 11 is 0. The maximum Gasteiger partial charge on any atom is 0.249 e. The molecule has 2 atom stereocenters. The number of amides is 1. The molecule has 1 unspecified atom stereocenters. The third-order valence-corrected chi connectivity index (χ3v) is 2.96. The molecule has 1 saturated heterocycles. The zero-order chi connectivity index (χ0) is 12.2. The second-order valence-electron chi connectivity index (χ2n) is 5.35. The Morgan fingerprint density at radius 1 is 1.62 bits per heavy atom. The third-order valence-electron chi connectivity index (χ3n) is 2.96. The number of hydrogen-bond acceptors (Lipinski definition) is 3. The van der Waals surface area contributed by atoms with Gasteiger partial charge < -0.3 is 15.8 Å². The first-order valence-corrected chi connectivity index (χ1v) is 6.10. The Labute approximate surface area is 97.9 Å². The summed E-state index contributed by atoms with van der Waals surface area (Å²) in [7, 11) is 0. The van der Waals surface area contributed by atoms with E-state index in [0.717, 1.165) is 19.3 Å². The van der Waals surface area contributed by atoms with Gasteiger partial charge in [0.1, 0.15) is 6.10 Å². The fourth-order valence-corrected chi connectivity index (χ4v) is 2.25. The molecular formula is C12H24N2O2. The van der Waals surface area contributed by atoms with Crippen LogP contribution in [0.25, 0.3) is 0 Å². The summed E-state index contributed by atoms with van der Waals surface area (Å²) in [5.41, 5.74) is 5.44. The van der Waals surface area contributed by atoms with Crippen LogP contribution in [0.2, 0.25) is 0 Å². The predicted octanol–water partition coefficient (Wildman–Crippen LogP) is 1.05. The number of nitrogens with two attached hydrogens (primary N) is 1. The van der Waals surface area contributed by atoms with Gasteiger partial charge in [0.15, 0.2) is 0 Å². The maximum atomic E-state index is 11.9. The van der Waals surface area contributed by atoms with Gasteiger partial charge in [0.05, 0.1) is 0 Å². The molecule has 1 heterocycles. The van der Waals surface area contributed by atoms with E-state index in [1.807, 2.05) is 6.92 Å². The highest BCUT2D eigenvalue weighted by atomic mass is 16.5. The summed E-state index contributed by atoms with van der Waals surface area (Å²) in [5.74, 6) is 0.504. The summed E-state index contributed by atoms with van der Waals surface area (Å²) in [6, 6.07) is 0. The molecule has 0 bridgehead atoms. The molecule has 0 saturated carbocycles. The van der Waals surface area contributed by atoms with E-state index in [-0.39, 0.29) is 17.6 Å². The SMILES string of the molecule is CC(C)CC(C)(CN)NC(=O)[C@H]1CCCO1. The maximum absolute atomic E-state index is 11.9. The monoisotopic (exact) mass is 228 g/mol. The van der Waals surface area contributed by atoms with Crippen molar-refractivity contribution in [1.82, 2.24) is 5.32 Å². The van der Waals surface area contributed by atoms with Crippen LogP contribution < -0.4 is 11.1 Å². The minimum atomic E-state index is -0.308. The lowest BCUT2D eigenvalue weighted by Gasteiger charge is -2.32.